The van der Waals surface area contributed by atoms with Gasteiger partial charge in [0.05, 0.1) is 11.2 Å². The molecule has 0 spiro atoms. The Hall–Kier alpha value is -4.29. The molecule has 0 fully saturated rings. The molecule has 2 aromatic carbocycles. The summed E-state index contributed by atoms with van der Waals surface area (Å²) in [5, 5.41) is 12.3. The second-order valence-electron chi connectivity index (χ2n) is 12.1. The molecule has 0 saturated carbocycles. The Balaban J connectivity index is 1.52. The zero-order valence-corrected chi connectivity index (χ0v) is 28.1. The van der Waals surface area contributed by atoms with E-state index in [0.717, 1.165) is 73.1 Å². The minimum atomic E-state index is 0.715. The van der Waals surface area contributed by atoms with Gasteiger partial charge in [0, 0.05) is 43.0 Å². The quantitative estimate of drug-likeness (QED) is 0.126. The molecule has 0 aliphatic rings. The second kappa shape index (κ2) is 14.7. The van der Waals surface area contributed by atoms with Gasteiger partial charge in [-0.15, -0.1) is 0 Å². The number of para-hydroxylation sites is 1. The van der Waals surface area contributed by atoms with Crippen molar-refractivity contribution in [3.05, 3.63) is 122 Å². The van der Waals surface area contributed by atoms with E-state index >= 15 is 0 Å². The highest BCUT2D eigenvalue weighted by Gasteiger charge is 2.21. The normalized spacial score (nSPS) is 11.3. The number of benzene rings is 2. The second-order valence-corrected chi connectivity index (χ2v) is 12.1. The smallest absolute Gasteiger partial charge is 0.126 e. The Kier molecular flexibility index (Phi) is 10.5. The number of nitrogens with zero attached hydrogens (tertiary/aromatic N) is 3. The summed E-state index contributed by atoms with van der Waals surface area (Å²) < 4.78 is 0. The van der Waals surface area contributed by atoms with E-state index in [1.165, 1.54) is 49.9 Å². The lowest BCUT2D eigenvalue weighted by Crippen LogP contribution is -2.22. The van der Waals surface area contributed by atoms with Crippen molar-refractivity contribution in [2.24, 2.45) is 0 Å². The maximum absolute atomic E-state index is 4.91. The molecule has 45 heavy (non-hydrogen) atoms. The Labute approximate surface area is 269 Å². The highest BCUT2D eigenvalue weighted by Crippen LogP contribution is 2.32. The number of hydrogen-bond donors (Lipinski definition) is 3. The Morgan fingerprint density at radius 2 is 1.02 bits per heavy atom. The van der Waals surface area contributed by atoms with Crippen LogP contribution in [0.25, 0.3) is 10.9 Å². The molecular formula is C39H48N6. The van der Waals surface area contributed by atoms with Crippen LogP contribution in [0.15, 0.2) is 60.7 Å². The third-order valence-corrected chi connectivity index (χ3v) is 8.60. The van der Waals surface area contributed by atoms with Crippen molar-refractivity contribution in [3.8, 4) is 0 Å². The standard InChI is InChI=1S/C39H48N6/c1-8-31-34(22-40-21-30-16-15-29-13-11-12-14-37(29)45-30)32(9-2)36(24-42-39-20-26(5)18-28(7)44-39)33(10-3)35(31)23-41-38-19-25(4)17-27(6)43-38/h11-20,40H,8-10,21-24H2,1-7H3,(H,41,43)(H,42,44). The van der Waals surface area contributed by atoms with E-state index in [-0.39, 0.29) is 0 Å². The molecule has 3 aromatic heterocycles. The molecule has 0 amide bonds. The van der Waals surface area contributed by atoms with Crippen LogP contribution in [0, 0.1) is 27.7 Å². The first-order chi connectivity index (χ1) is 21.8. The molecule has 0 aliphatic carbocycles. The molecule has 3 heterocycles. The van der Waals surface area contributed by atoms with Gasteiger partial charge in [-0.1, -0.05) is 45.0 Å². The summed E-state index contributed by atoms with van der Waals surface area (Å²) >= 11 is 0. The fourth-order valence-electron chi connectivity index (χ4n) is 6.76. The van der Waals surface area contributed by atoms with Gasteiger partial charge in [-0.3, -0.25) is 4.98 Å². The van der Waals surface area contributed by atoms with Crippen molar-refractivity contribution in [2.75, 3.05) is 10.6 Å². The number of pyridine rings is 3. The number of aromatic nitrogens is 3. The topological polar surface area (TPSA) is 74.8 Å². The number of anilines is 2. The minimum absolute atomic E-state index is 0.715. The van der Waals surface area contributed by atoms with Gasteiger partial charge in [0.15, 0.2) is 0 Å². The van der Waals surface area contributed by atoms with Crippen LogP contribution in [0.4, 0.5) is 11.6 Å². The van der Waals surface area contributed by atoms with E-state index in [9.17, 15) is 0 Å². The first-order valence-corrected chi connectivity index (χ1v) is 16.4. The van der Waals surface area contributed by atoms with E-state index in [1.807, 2.05) is 0 Å². The third-order valence-electron chi connectivity index (χ3n) is 8.60. The van der Waals surface area contributed by atoms with Crippen molar-refractivity contribution in [1.29, 1.82) is 0 Å². The first kappa shape index (κ1) is 32.1. The van der Waals surface area contributed by atoms with E-state index in [0.29, 0.717) is 6.54 Å². The van der Waals surface area contributed by atoms with Crippen LogP contribution in [0.5, 0.6) is 0 Å². The molecular weight excluding hydrogens is 552 g/mol. The average Bonchev–Trinajstić information content (AvgIpc) is 3.01. The molecule has 0 aliphatic heterocycles. The number of aryl methyl sites for hydroxylation is 4. The van der Waals surface area contributed by atoms with Gasteiger partial charge in [0.2, 0.25) is 0 Å². The van der Waals surface area contributed by atoms with Crippen LogP contribution in [-0.2, 0) is 45.4 Å². The van der Waals surface area contributed by atoms with Crippen LogP contribution in [0.2, 0.25) is 0 Å². The maximum Gasteiger partial charge on any atom is 0.126 e. The van der Waals surface area contributed by atoms with Crippen LogP contribution < -0.4 is 16.0 Å². The van der Waals surface area contributed by atoms with Crippen molar-refractivity contribution < 1.29 is 0 Å². The highest BCUT2D eigenvalue weighted by atomic mass is 15.0. The van der Waals surface area contributed by atoms with E-state index < -0.39 is 0 Å². The summed E-state index contributed by atoms with van der Waals surface area (Å²) in [6.45, 7) is 18.2. The SMILES string of the molecule is CCc1c(CNCc2ccc3ccccc3n2)c(CC)c(CNc2cc(C)cc(C)n2)c(CC)c1CNc1cc(C)cc(C)n1. The molecule has 3 N–H and O–H groups in total. The summed E-state index contributed by atoms with van der Waals surface area (Å²) in [7, 11) is 0. The van der Waals surface area contributed by atoms with Crippen molar-refractivity contribution >= 4 is 22.5 Å². The molecule has 6 heteroatoms. The maximum atomic E-state index is 4.91. The van der Waals surface area contributed by atoms with E-state index in [2.05, 4.69) is 125 Å². The minimum Gasteiger partial charge on any atom is -0.366 e. The average molecular weight is 601 g/mol. The van der Waals surface area contributed by atoms with E-state index in [4.69, 9.17) is 15.0 Å². The molecule has 234 valence electrons. The number of fused-ring (bicyclic) bond motifs is 1. The lowest BCUT2D eigenvalue weighted by molar-refractivity contribution is 0.668. The summed E-state index contributed by atoms with van der Waals surface area (Å²) in [5.74, 6) is 1.86. The monoisotopic (exact) mass is 600 g/mol. The van der Waals surface area contributed by atoms with Crippen LogP contribution in [-0.4, -0.2) is 15.0 Å². The van der Waals surface area contributed by atoms with Crippen molar-refractivity contribution in [1.82, 2.24) is 20.3 Å². The molecule has 0 saturated heterocycles. The molecule has 5 aromatic rings. The zero-order chi connectivity index (χ0) is 31.9. The molecule has 0 radical (unpaired) electrons. The molecule has 0 atom stereocenters. The van der Waals surface area contributed by atoms with Gasteiger partial charge in [-0.05, 0) is 128 Å². The van der Waals surface area contributed by atoms with Crippen LogP contribution in [0.1, 0.15) is 82.4 Å². The van der Waals surface area contributed by atoms with Gasteiger partial charge >= 0.3 is 0 Å². The Morgan fingerprint density at radius 3 is 1.53 bits per heavy atom. The third kappa shape index (κ3) is 7.69. The zero-order valence-electron chi connectivity index (χ0n) is 28.1. The number of hydrogen-bond acceptors (Lipinski definition) is 6. The number of rotatable bonds is 13. The van der Waals surface area contributed by atoms with E-state index in [1.54, 1.807) is 0 Å². The van der Waals surface area contributed by atoms with Crippen LogP contribution in [0.3, 0.4) is 0 Å². The lowest BCUT2D eigenvalue weighted by Gasteiger charge is -2.27. The van der Waals surface area contributed by atoms with Gasteiger partial charge in [0.25, 0.3) is 0 Å². The predicted octanol–water partition coefficient (Wildman–Crippen LogP) is 8.46. The summed E-state index contributed by atoms with van der Waals surface area (Å²) in [5.41, 5.74) is 15.1. The predicted molar refractivity (Wildman–Crippen MR) is 189 cm³/mol. The number of nitrogens with one attached hydrogen (secondary N) is 3. The first-order valence-electron chi connectivity index (χ1n) is 16.4. The van der Waals surface area contributed by atoms with Crippen LogP contribution >= 0.6 is 0 Å². The summed E-state index contributed by atoms with van der Waals surface area (Å²) in [6, 6.07) is 21.1. The van der Waals surface area contributed by atoms with Gasteiger partial charge in [0.1, 0.15) is 11.6 Å². The van der Waals surface area contributed by atoms with Gasteiger partial charge in [-0.25, -0.2) is 9.97 Å². The molecule has 6 nitrogen and oxygen atoms in total. The Bertz CT molecular complexity index is 1670. The van der Waals surface area contributed by atoms with Crippen molar-refractivity contribution in [3.63, 3.8) is 0 Å². The summed E-state index contributed by atoms with van der Waals surface area (Å²) in [4.78, 5) is 14.5. The highest BCUT2D eigenvalue weighted by molar-refractivity contribution is 5.78. The Morgan fingerprint density at radius 1 is 0.511 bits per heavy atom. The lowest BCUT2D eigenvalue weighted by atomic mass is 9.83. The van der Waals surface area contributed by atoms with Gasteiger partial charge < -0.3 is 16.0 Å². The fourth-order valence-corrected chi connectivity index (χ4v) is 6.76. The molecule has 0 unspecified atom stereocenters. The molecule has 5 rings (SSSR count). The van der Waals surface area contributed by atoms with Crippen molar-refractivity contribution in [2.45, 2.75) is 93.9 Å². The molecule has 0 bridgehead atoms. The summed E-state index contributed by atoms with van der Waals surface area (Å²) in [6.07, 6.45) is 2.90. The largest absolute Gasteiger partial charge is 0.366 e. The van der Waals surface area contributed by atoms with Gasteiger partial charge in [-0.2, -0.15) is 0 Å². The fraction of sp³-hybridized carbons (Fsp3) is 0.359.